The zero-order chi connectivity index (χ0) is 21.8. The Labute approximate surface area is 182 Å². The molecule has 1 unspecified atom stereocenters. The van der Waals surface area contributed by atoms with Crippen LogP contribution in [0.4, 0.5) is 0 Å². The van der Waals surface area contributed by atoms with Gasteiger partial charge < -0.3 is 25.4 Å². The maximum absolute atomic E-state index is 12.7. The number of hydrogen-bond donors (Lipinski definition) is 3. The molecule has 2 aromatic rings. The molecule has 0 aromatic heterocycles. The van der Waals surface area contributed by atoms with Crippen molar-refractivity contribution in [2.75, 3.05) is 26.3 Å². The minimum absolute atomic E-state index is 0.0531. The van der Waals surface area contributed by atoms with Crippen molar-refractivity contribution in [3.05, 3.63) is 70.8 Å². The van der Waals surface area contributed by atoms with Crippen LogP contribution < -0.4 is 10.6 Å². The Balaban J connectivity index is 1.33. The van der Waals surface area contributed by atoms with Crippen molar-refractivity contribution in [1.29, 1.82) is 0 Å². The molecule has 7 heteroatoms. The quantitative estimate of drug-likeness (QED) is 0.676. The SMILES string of the molecule is CC(NC(=O)c1ccc(C(=O)N2CCOCC2)cc1)[C@H](O)[C@@H]1Cc2ccccc2CN1. The molecule has 0 radical (unpaired) electrons. The first kappa shape index (κ1) is 21.5. The molecule has 3 N–H and O–H groups in total. The number of nitrogens with one attached hydrogen (secondary N) is 2. The summed E-state index contributed by atoms with van der Waals surface area (Å²) < 4.78 is 5.28. The van der Waals surface area contributed by atoms with Gasteiger partial charge in [0.25, 0.3) is 11.8 Å². The standard InChI is InChI=1S/C24H29N3O4/c1-16(22(28)21-14-19-4-2-3-5-20(19)15-25-21)26-23(29)17-6-8-18(9-7-17)24(30)27-10-12-31-13-11-27/h2-9,16,21-22,25,28H,10-15H2,1H3,(H,26,29)/t16?,21-,22-/m0/s1. The molecule has 0 saturated carbocycles. The summed E-state index contributed by atoms with van der Waals surface area (Å²) in [5.41, 5.74) is 3.48. The Hall–Kier alpha value is -2.74. The second-order valence-electron chi connectivity index (χ2n) is 8.19. The van der Waals surface area contributed by atoms with Gasteiger partial charge in [-0.2, -0.15) is 0 Å². The van der Waals surface area contributed by atoms with Crippen molar-refractivity contribution < 1.29 is 19.4 Å². The lowest BCUT2D eigenvalue weighted by molar-refractivity contribution is 0.0303. The lowest BCUT2D eigenvalue weighted by Gasteiger charge is -2.33. The van der Waals surface area contributed by atoms with E-state index in [0.29, 0.717) is 44.0 Å². The first-order chi connectivity index (χ1) is 15.0. The maximum Gasteiger partial charge on any atom is 0.254 e. The molecular weight excluding hydrogens is 394 g/mol. The van der Waals surface area contributed by atoms with Crippen LogP contribution in [0.25, 0.3) is 0 Å². The summed E-state index contributed by atoms with van der Waals surface area (Å²) in [6.07, 6.45) is -0.00455. The predicted octanol–water partition coefficient (Wildman–Crippen LogP) is 1.35. The molecule has 2 aromatic carbocycles. The zero-order valence-electron chi connectivity index (χ0n) is 17.7. The number of carbonyl (C=O) groups excluding carboxylic acids is 2. The van der Waals surface area contributed by atoms with Crippen molar-refractivity contribution in [3.63, 3.8) is 0 Å². The molecule has 2 aliphatic heterocycles. The van der Waals surface area contributed by atoms with E-state index >= 15 is 0 Å². The number of aliphatic hydroxyl groups is 1. The van der Waals surface area contributed by atoms with Gasteiger partial charge in [-0.3, -0.25) is 9.59 Å². The van der Waals surface area contributed by atoms with Crippen LogP contribution in [0, 0.1) is 0 Å². The molecule has 4 rings (SSSR count). The van der Waals surface area contributed by atoms with Crippen LogP contribution in [0.5, 0.6) is 0 Å². The molecule has 0 spiro atoms. The summed E-state index contributed by atoms with van der Waals surface area (Å²) in [7, 11) is 0. The second kappa shape index (κ2) is 9.60. The smallest absolute Gasteiger partial charge is 0.254 e. The van der Waals surface area contributed by atoms with Crippen LogP contribution >= 0.6 is 0 Å². The van der Waals surface area contributed by atoms with E-state index in [-0.39, 0.29) is 17.9 Å². The first-order valence-electron chi connectivity index (χ1n) is 10.8. The molecule has 31 heavy (non-hydrogen) atoms. The lowest BCUT2D eigenvalue weighted by atomic mass is 9.90. The third-order valence-electron chi connectivity index (χ3n) is 6.09. The van der Waals surface area contributed by atoms with Crippen molar-refractivity contribution in [2.45, 2.75) is 38.1 Å². The van der Waals surface area contributed by atoms with E-state index in [1.165, 1.54) is 11.1 Å². The van der Waals surface area contributed by atoms with Gasteiger partial charge in [-0.05, 0) is 48.7 Å². The predicted molar refractivity (Wildman–Crippen MR) is 117 cm³/mol. The normalized spacial score (nSPS) is 20.5. The van der Waals surface area contributed by atoms with Gasteiger partial charge >= 0.3 is 0 Å². The topological polar surface area (TPSA) is 90.9 Å². The summed E-state index contributed by atoms with van der Waals surface area (Å²) in [6.45, 7) is 4.77. The lowest BCUT2D eigenvalue weighted by Crippen LogP contribution is -2.53. The van der Waals surface area contributed by atoms with E-state index in [2.05, 4.69) is 22.8 Å². The Morgan fingerprint density at radius 1 is 1.06 bits per heavy atom. The molecule has 3 atom stereocenters. The van der Waals surface area contributed by atoms with E-state index in [4.69, 9.17) is 4.74 Å². The van der Waals surface area contributed by atoms with Crippen LogP contribution in [0.1, 0.15) is 38.8 Å². The highest BCUT2D eigenvalue weighted by Gasteiger charge is 2.29. The molecule has 2 amide bonds. The third-order valence-corrected chi connectivity index (χ3v) is 6.09. The first-order valence-corrected chi connectivity index (χ1v) is 10.8. The van der Waals surface area contributed by atoms with Crippen LogP contribution in [-0.2, 0) is 17.7 Å². The number of carbonyl (C=O) groups is 2. The number of ether oxygens (including phenoxy) is 1. The zero-order valence-corrected chi connectivity index (χ0v) is 17.7. The van der Waals surface area contributed by atoms with Gasteiger partial charge in [0, 0.05) is 36.8 Å². The molecule has 0 aliphatic carbocycles. The Morgan fingerprint density at radius 3 is 2.42 bits per heavy atom. The van der Waals surface area contributed by atoms with E-state index in [9.17, 15) is 14.7 Å². The molecule has 2 aliphatic rings. The minimum Gasteiger partial charge on any atom is -0.389 e. The number of hydrogen-bond acceptors (Lipinski definition) is 5. The number of fused-ring (bicyclic) bond motifs is 1. The van der Waals surface area contributed by atoms with Crippen molar-refractivity contribution in [3.8, 4) is 0 Å². The highest BCUT2D eigenvalue weighted by Crippen LogP contribution is 2.19. The molecule has 1 fully saturated rings. The molecule has 0 bridgehead atoms. The van der Waals surface area contributed by atoms with Gasteiger partial charge in [-0.25, -0.2) is 0 Å². The summed E-state index contributed by atoms with van der Waals surface area (Å²) in [5.74, 6) is -0.323. The van der Waals surface area contributed by atoms with Gasteiger partial charge in [0.1, 0.15) is 0 Å². The Morgan fingerprint density at radius 2 is 1.71 bits per heavy atom. The molecule has 1 saturated heterocycles. The van der Waals surface area contributed by atoms with Crippen LogP contribution in [0.2, 0.25) is 0 Å². The maximum atomic E-state index is 12.7. The van der Waals surface area contributed by atoms with Gasteiger partial charge in [-0.15, -0.1) is 0 Å². The summed E-state index contributed by atoms with van der Waals surface area (Å²) >= 11 is 0. The van der Waals surface area contributed by atoms with E-state index in [1.807, 2.05) is 12.1 Å². The monoisotopic (exact) mass is 423 g/mol. The highest BCUT2D eigenvalue weighted by atomic mass is 16.5. The second-order valence-corrected chi connectivity index (χ2v) is 8.19. The molecular formula is C24H29N3O4. The number of aliphatic hydroxyl groups excluding tert-OH is 1. The van der Waals surface area contributed by atoms with E-state index in [1.54, 1.807) is 36.1 Å². The van der Waals surface area contributed by atoms with Crippen molar-refractivity contribution >= 4 is 11.8 Å². The van der Waals surface area contributed by atoms with E-state index < -0.39 is 12.1 Å². The summed E-state index contributed by atoms with van der Waals surface area (Å²) in [4.78, 5) is 27.0. The fourth-order valence-electron chi connectivity index (χ4n) is 4.16. The van der Waals surface area contributed by atoms with Gasteiger partial charge in [0.15, 0.2) is 0 Å². The number of morpholine rings is 1. The average molecular weight is 424 g/mol. The number of nitrogens with zero attached hydrogens (tertiary/aromatic N) is 1. The van der Waals surface area contributed by atoms with Crippen molar-refractivity contribution in [2.24, 2.45) is 0 Å². The van der Waals surface area contributed by atoms with Crippen LogP contribution in [0.15, 0.2) is 48.5 Å². The number of rotatable bonds is 5. The fourth-order valence-corrected chi connectivity index (χ4v) is 4.16. The minimum atomic E-state index is -0.723. The highest BCUT2D eigenvalue weighted by molar-refractivity contribution is 5.98. The summed E-state index contributed by atoms with van der Waals surface area (Å²) in [5, 5.41) is 17.0. The van der Waals surface area contributed by atoms with Gasteiger partial charge in [-0.1, -0.05) is 24.3 Å². The Bertz CT molecular complexity index is 925. The van der Waals surface area contributed by atoms with Gasteiger partial charge in [0.2, 0.25) is 0 Å². The number of benzene rings is 2. The third kappa shape index (κ3) is 4.95. The number of amides is 2. The van der Waals surface area contributed by atoms with Gasteiger partial charge in [0.05, 0.1) is 25.4 Å². The molecule has 7 nitrogen and oxygen atoms in total. The molecule has 164 valence electrons. The van der Waals surface area contributed by atoms with Crippen LogP contribution in [0.3, 0.4) is 0 Å². The van der Waals surface area contributed by atoms with Crippen molar-refractivity contribution in [1.82, 2.24) is 15.5 Å². The fraction of sp³-hybridized carbons (Fsp3) is 0.417. The van der Waals surface area contributed by atoms with E-state index in [0.717, 1.165) is 6.42 Å². The Kier molecular flexibility index (Phi) is 6.65. The summed E-state index contributed by atoms with van der Waals surface area (Å²) in [6, 6.07) is 14.3. The largest absolute Gasteiger partial charge is 0.389 e. The van der Waals surface area contributed by atoms with Crippen LogP contribution in [-0.4, -0.2) is 66.3 Å². The average Bonchev–Trinajstić information content (AvgIpc) is 2.83. The molecule has 2 heterocycles.